The van der Waals surface area contributed by atoms with Gasteiger partial charge in [0, 0.05) is 18.3 Å². The standard InChI is InChI=1S/C23H27N3O3/c1-4-29-22-10-5-16(2)13-21(22)17(3)26-23(28)19(14-24)15-25-12-11-18-6-8-20(27)9-7-18/h5-10,13,15,17,25,27H,4,11-12H2,1-3H3,(H,26,28)/b19-15-. The Labute approximate surface area is 171 Å². The van der Waals surface area contributed by atoms with Crippen LogP contribution in [-0.4, -0.2) is 24.2 Å². The molecular formula is C23H27N3O3. The first-order valence-corrected chi connectivity index (χ1v) is 9.60. The van der Waals surface area contributed by atoms with Gasteiger partial charge in [0.15, 0.2) is 0 Å². The van der Waals surface area contributed by atoms with Gasteiger partial charge in [-0.1, -0.05) is 29.8 Å². The number of phenolic OH excluding ortho intramolecular Hbond substituents is 1. The number of hydrogen-bond donors (Lipinski definition) is 3. The quantitative estimate of drug-likeness (QED) is 0.344. The summed E-state index contributed by atoms with van der Waals surface area (Å²) in [5.41, 5.74) is 2.99. The molecule has 6 nitrogen and oxygen atoms in total. The van der Waals surface area contributed by atoms with Crippen LogP contribution in [0.15, 0.2) is 54.2 Å². The monoisotopic (exact) mass is 393 g/mol. The van der Waals surface area contributed by atoms with Crippen molar-refractivity contribution in [3.05, 3.63) is 70.9 Å². The molecule has 0 aliphatic heterocycles. The van der Waals surface area contributed by atoms with E-state index < -0.39 is 5.91 Å². The van der Waals surface area contributed by atoms with Crippen LogP contribution in [0.5, 0.6) is 11.5 Å². The topological polar surface area (TPSA) is 94.4 Å². The third-order valence-electron chi connectivity index (χ3n) is 4.39. The van der Waals surface area contributed by atoms with Crippen LogP contribution in [0.3, 0.4) is 0 Å². The van der Waals surface area contributed by atoms with Gasteiger partial charge >= 0.3 is 0 Å². The highest BCUT2D eigenvalue weighted by Crippen LogP contribution is 2.26. The Kier molecular flexibility index (Phi) is 8.11. The molecule has 1 amide bonds. The highest BCUT2D eigenvalue weighted by Gasteiger charge is 2.17. The Bertz CT molecular complexity index is 899. The molecule has 0 saturated carbocycles. The van der Waals surface area contributed by atoms with Crippen molar-refractivity contribution in [1.29, 1.82) is 5.26 Å². The zero-order valence-corrected chi connectivity index (χ0v) is 17.0. The fourth-order valence-electron chi connectivity index (χ4n) is 2.85. The Balaban J connectivity index is 1.96. The molecule has 2 aromatic rings. The molecule has 2 aromatic carbocycles. The largest absolute Gasteiger partial charge is 0.508 e. The normalized spacial score (nSPS) is 12.0. The number of ether oxygens (including phenoxy) is 1. The van der Waals surface area contributed by atoms with Crippen molar-refractivity contribution in [1.82, 2.24) is 10.6 Å². The number of aromatic hydroxyl groups is 1. The number of amides is 1. The zero-order chi connectivity index (χ0) is 21.2. The molecule has 0 spiro atoms. The summed E-state index contributed by atoms with van der Waals surface area (Å²) in [4.78, 5) is 12.5. The fraction of sp³-hybridized carbons (Fsp3) is 0.304. The third-order valence-corrected chi connectivity index (χ3v) is 4.39. The molecule has 6 heteroatoms. The number of hydrogen-bond acceptors (Lipinski definition) is 5. The van der Waals surface area contributed by atoms with E-state index in [9.17, 15) is 15.2 Å². The van der Waals surface area contributed by atoms with Gasteiger partial charge in [-0.05, 0) is 51.0 Å². The van der Waals surface area contributed by atoms with E-state index in [1.807, 2.05) is 57.2 Å². The smallest absolute Gasteiger partial charge is 0.263 e. The second kappa shape index (κ2) is 10.8. The average Bonchev–Trinajstić information content (AvgIpc) is 2.70. The van der Waals surface area contributed by atoms with Gasteiger partial charge in [-0.3, -0.25) is 4.79 Å². The van der Waals surface area contributed by atoms with E-state index in [2.05, 4.69) is 10.6 Å². The van der Waals surface area contributed by atoms with Crippen LogP contribution in [0.4, 0.5) is 0 Å². The van der Waals surface area contributed by atoms with E-state index in [-0.39, 0.29) is 17.4 Å². The summed E-state index contributed by atoms with van der Waals surface area (Å²) in [5.74, 6) is 0.502. The summed E-state index contributed by atoms with van der Waals surface area (Å²) >= 11 is 0. The van der Waals surface area contributed by atoms with Crippen LogP contribution in [0.2, 0.25) is 0 Å². The number of rotatable bonds is 9. The van der Waals surface area contributed by atoms with Gasteiger partial charge in [0.2, 0.25) is 0 Å². The number of carbonyl (C=O) groups excluding carboxylic acids is 1. The maximum absolute atomic E-state index is 12.5. The molecule has 0 bridgehead atoms. The summed E-state index contributed by atoms with van der Waals surface area (Å²) in [6, 6.07) is 14.4. The van der Waals surface area contributed by atoms with Crippen molar-refractivity contribution >= 4 is 5.91 Å². The van der Waals surface area contributed by atoms with Crippen molar-refractivity contribution in [2.24, 2.45) is 0 Å². The van der Waals surface area contributed by atoms with Gasteiger partial charge < -0.3 is 20.5 Å². The number of carbonyl (C=O) groups is 1. The number of aryl methyl sites for hydroxylation is 1. The summed E-state index contributed by atoms with van der Waals surface area (Å²) in [5, 5.41) is 24.5. The SMILES string of the molecule is CCOc1ccc(C)cc1C(C)NC(=O)/C(C#N)=C\NCCc1ccc(O)cc1. The second-order valence-electron chi connectivity index (χ2n) is 6.71. The molecular weight excluding hydrogens is 366 g/mol. The summed E-state index contributed by atoms with van der Waals surface area (Å²) < 4.78 is 5.65. The van der Waals surface area contributed by atoms with Crippen molar-refractivity contribution < 1.29 is 14.6 Å². The molecule has 1 atom stereocenters. The molecule has 3 N–H and O–H groups in total. The second-order valence-corrected chi connectivity index (χ2v) is 6.71. The van der Waals surface area contributed by atoms with Gasteiger partial charge in [-0.15, -0.1) is 0 Å². The minimum atomic E-state index is -0.443. The van der Waals surface area contributed by atoms with Crippen molar-refractivity contribution in [3.8, 4) is 17.6 Å². The number of nitrogens with one attached hydrogen (secondary N) is 2. The van der Waals surface area contributed by atoms with E-state index in [1.54, 1.807) is 12.1 Å². The minimum absolute atomic E-state index is 0.00756. The van der Waals surface area contributed by atoms with Crippen LogP contribution in [0.25, 0.3) is 0 Å². The molecule has 2 rings (SSSR count). The maximum Gasteiger partial charge on any atom is 0.263 e. The van der Waals surface area contributed by atoms with Crippen LogP contribution in [0.1, 0.15) is 36.6 Å². The minimum Gasteiger partial charge on any atom is -0.508 e. The molecule has 0 heterocycles. The van der Waals surface area contributed by atoms with Crippen LogP contribution in [0, 0.1) is 18.3 Å². The van der Waals surface area contributed by atoms with Crippen LogP contribution in [-0.2, 0) is 11.2 Å². The maximum atomic E-state index is 12.5. The van der Waals surface area contributed by atoms with E-state index in [0.717, 1.165) is 22.4 Å². The number of benzene rings is 2. The van der Waals surface area contributed by atoms with E-state index >= 15 is 0 Å². The molecule has 0 aliphatic rings. The molecule has 0 aromatic heterocycles. The van der Waals surface area contributed by atoms with Crippen molar-refractivity contribution in [2.45, 2.75) is 33.2 Å². The summed E-state index contributed by atoms with van der Waals surface area (Å²) in [6.45, 7) is 6.85. The van der Waals surface area contributed by atoms with Crippen LogP contribution < -0.4 is 15.4 Å². The number of phenols is 1. The first kappa shape index (κ1) is 21.8. The first-order chi connectivity index (χ1) is 13.9. The van der Waals surface area contributed by atoms with Gasteiger partial charge in [-0.25, -0.2) is 0 Å². The Morgan fingerprint density at radius 1 is 1.28 bits per heavy atom. The van der Waals surface area contributed by atoms with Gasteiger partial charge in [0.25, 0.3) is 5.91 Å². The highest BCUT2D eigenvalue weighted by molar-refractivity contribution is 5.97. The summed E-state index contributed by atoms with van der Waals surface area (Å²) in [7, 11) is 0. The summed E-state index contributed by atoms with van der Waals surface area (Å²) in [6.07, 6.45) is 2.14. The molecule has 29 heavy (non-hydrogen) atoms. The lowest BCUT2D eigenvalue weighted by atomic mass is 10.0. The molecule has 0 fully saturated rings. The Morgan fingerprint density at radius 2 is 2.00 bits per heavy atom. The highest BCUT2D eigenvalue weighted by atomic mass is 16.5. The zero-order valence-electron chi connectivity index (χ0n) is 17.0. The predicted molar refractivity (Wildman–Crippen MR) is 112 cm³/mol. The number of nitrogens with zero attached hydrogens (tertiary/aromatic N) is 1. The predicted octanol–water partition coefficient (Wildman–Crippen LogP) is 3.52. The van der Waals surface area contributed by atoms with Gasteiger partial charge in [0.05, 0.1) is 12.6 Å². The molecule has 152 valence electrons. The molecule has 0 aliphatic carbocycles. The van der Waals surface area contributed by atoms with E-state index in [0.29, 0.717) is 19.6 Å². The molecule has 0 saturated heterocycles. The average molecular weight is 393 g/mol. The first-order valence-electron chi connectivity index (χ1n) is 9.60. The van der Waals surface area contributed by atoms with E-state index in [4.69, 9.17) is 4.74 Å². The molecule has 1 unspecified atom stereocenters. The van der Waals surface area contributed by atoms with E-state index in [1.165, 1.54) is 6.20 Å². The third kappa shape index (κ3) is 6.58. The van der Waals surface area contributed by atoms with Crippen LogP contribution >= 0.6 is 0 Å². The Hall–Kier alpha value is -3.46. The van der Waals surface area contributed by atoms with Crippen molar-refractivity contribution in [3.63, 3.8) is 0 Å². The lowest BCUT2D eigenvalue weighted by Gasteiger charge is -2.18. The lowest BCUT2D eigenvalue weighted by molar-refractivity contribution is -0.117. The fourth-order valence-corrected chi connectivity index (χ4v) is 2.85. The Morgan fingerprint density at radius 3 is 2.66 bits per heavy atom. The lowest BCUT2D eigenvalue weighted by Crippen LogP contribution is -2.29. The molecule has 0 radical (unpaired) electrons. The van der Waals surface area contributed by atoms with Gasteiger partial charge in [0.1, 0.15) is 23.1 Å². The number of nitriles is 1. The van der Waals surface area contributed by atoms with Crippen molar-refractivity contribution in [2.75, 3.05) is 13.2 Å². The van der Waals surface area contributed by atoms with Gasteiger partial charge in [-0.2, -0.15) is 5.26 Å².